The van der Waals surface area contributed by atoms with E-state index in [9.17, 15) is 9.90 Å². The van der Waals surface area contributed by atoms with Crippen LogP contribution in [0.1, 0.15) is 35.2 Å². The number of pyridine rings is 2. The van der Waals surface area contributed by atoms with Crippen LogP contribution >= 0.6 is 11.6 Å². The quantitative estimate of drug-likeness (QED) is 0.231. The number of ether oxygens (including phenoxy) is 4. The molecule has 0 aliphatic carbocycles. The fraction of sp³-hybridized carbons (Fsp3) is 0.303. The molecule has 10 heteroatoms. The summed E-state index contributed by atoms with van der Waals surface area (Å²) in [7, 11) is 0. The van der Waals surface area contributed by atoms with E-state index in [0.29, 0.717) is 55.1 Å². The normalized spacial score (nSPS) is 16.2. The minimum Gasteiger partial charge on any atom is -0.487 e. The third kappa shape index (κ3) is 6.53. The Morgan fingerprint density at radius 3 is 2.74 bits per heavy atom. The largest absolute Gasteiger partial charge is 0.487 e. The van der Waals surface area contributed by atoms with Crippen LogP contribution in [0.2, 0.25) is 5.02 Å². The Morgan fingerprint density at radius 1 is 1.07 bits per heavy atom. The van der Waals surface area contributed by atoms with Crippen molar-refractivity contribution in [1.29, 1.82) is 0 Å². The van der Waals surface area contributed by atoms with Gasteiger partial charge in [0.15, 0.2) is 11.5 Å². The SMILES string of the molecule is Cc1c(OCc2nc(OCc3cccnc3)c(CN3CCC[C@H]3C(=O)O)cc2Cl)cccc1-c1ccc2c(c1)OCCO2. The fourth-order valence-corrected chi connectivity index (χ4v) is 5.70. The van der Waals surface area contributed by atoms with Crippen LogP contribution in [0.15, 0.2) is 67.0 Å². The van der Waals surface area contributed by atoms with E-state index in [1.807, 2.05) is 66.4 Å². The smallest absolute Gasteiger partial charge is 0.320 e. The molecule has 222 valence electrons. The van der Waals surface area contributed by atoms with Gasteiger partial charge >= 0.3 is 5.97 Å². The maximum atomic E-state index is 11.8. The summed E-state index contributed by atoms with van der Waals surface area (Å²) in [6.07, 6.45) is 4.87. The van der Waals surface area contributed by atoms with Gasteiger partial charge in [-0.2, -0.15) is 0 Å². The maximum Gasteiger partial charge on any atom is 0.320 e. The molecule has 1 atom stereocenters. The van der Waals surface area contributed by atoms with Crippen LogP contribution < -0.4 is 18.9 Å². The van der Waals surface area contributed by atoms with E-state index in [2.05, 4.69) is 4.98 Å². The van der Waals surface area contributed by atoms with Crippen molar-refractivity contribution in [2.75, 3.05) is 19.8 Å². The van der Waals surface area contributed by atoms with Crippen molar-refractivity contribution in [3.8, 4) is 34.3 Å². The zero-order valence-electron chi connectivity index (χ0n) is 23.8. The molecule has 43 heavy (non-hydrogen) atoms. The van der Waals surface area contributed by atoms with Crippen molar-refractivity contribution in [3.63, 3.8) is 0 Å². The lowest BCUT2D eigenvalue weighted by atomic mass is 9.99. The maximum absolute atomic E-state index is 11.8. The molecule has 2 aromatic carbocycles. The van der Waals surface area contributed by atoms with E-state index in [1.54, 1.807) is 12.4 Å². The second-order valence-electron chi connectivity index (χ2n) is 10.6. The van der Waals surface area contributed by atoms with Gasteiger partial charge in [-0.25, -0.2) is 4.98 Å². The van der Waals surface area contributed by atoms with E-state index in [-0.39, 0.29) is 13.2 Å². The Labute approximate surface area is 255 Å². The summed E-state index contributed by atoms with van der Waals surface area (Å²) in [5, 5.41) is 10.1. The monoisotopic (exact) mass is 601 g/mol. The summed E-state index contributed by atoms with van der Waals surface area (Å²) in [5.41, 5.74) is 5.12. The van der Waals surface area contributed by atoms with Crippen molar-refractivity contribution in [2.45, 2.75) is 45.6 Å². The van der Waals surface area contributed by atoms with Crippen LogP contribution in [0, 0.1) is 6.92 Å². The van der Waals surface area contributed by atoms with Crippen LogP contribution in [0.4, 0.5) is 0 Å². The molecule has 0 unspecified atom stereocenters. The van der Waals surface area contributed by atoms with Gasteiger partial charge in [0.25, 0.3) is 0 Å². The minimum absolute atomic E-state index is 0.120. The fourth-order valence-electron chi connectivity index (χ4n) is 5.47. The zero-order chi connectivity index (χ0) is 29.8. The third-order valence-corrected chi connectivity index (χ3v) is 8.04. The van der Waals surface area contributed by atoms with Crippen molar-refractivity contribution in [2.24, 2.45) is 0 Å². The van der Waals surface area contributed by atoms with Gasteiger partial charge in [-0.15, -0.1) is 0 Å². The van der Waals surface area contributed by atoms with Crippen LogP contribution in [-0.4, -0.2) is 51.7 Å². The number of aliphatic carboxylic acids is 1. The molecule has 0 spiro atoms. The number of rotatable bonds is 10. The number of nitrogens with zero attached hydrogens (tertiary/aromatic N) is 3. The first-order chi connectivity index (χ1) is 21.0. The molecule has 0 saturated carbocycles. The molecule has 6 rings (SSSR count). The highest BCUT2D eigenvalue weighted by molar-refractivity contribution is 6.31. The Morgan fingerprint density at radius 2 is 1.93 bits per heavy atom. The van der Waals surface area contributed by atoms with E-state index < -0.39 is 12.0 Å². The van der Waals surface area contributed by atoms with Gasteiger partial charge < -0.3 is 24.1 Å². The molecule has 4 heterocycles. The molecule has 4 aromatic rings. The highest BCUT2D eigenvalue weighted by atomic mass is 35.5. The molecule has 1 fully saturated rings. The summed E-state index contributed by atoms with van der Waals surface area (Å²) in [5.74, 6) is 1.74. The highest BCUT2D eigenvalue weighted by Gasteiger charge is 2.31. The average Bonchev–Trinajstić information content (AvgIpc) is 3.49. The second-order valence-corrected chi connectivity index (χ2v) is 11.0. The second kappa shape index (κ2) is 12.9. The Balaban J connectivity index is 1.24. The molecule has 2 aliphatic rings. The van der Waals surface area contributed by atoms with E-state index in [0.717, 1.165) is 45.7 Å². The molecular formula is C33H32ClN3O6. The van der Waals surface area contributed by atoms with E-state index in [4.69, 9.17) is 35.5 Å². The average molecular weight is 602 g/mol. The van der Waals surface area contributed by atoms with Crippen LogP contribution in [0.5, 0.6) is 23.1 Å². The summed E-state index contributed by atoms with van der Waals surface area (Å²) in [6.45, 7) is 4.51. The Hall–Kier alpha value is -4.34. The number of hydrogen-bond acceptors (Lipinski definition) is 8. The van der Waals surface area contributed by atoms with Gasteiger partial charge in [-0.1, -0.05) is 35.9 Å². The van der Waals surface area contributed by atoms with Crippen LogP contribution in [0.3, 0.4) is 0 Å². The van der Waals surface area contributed by atoms with Gasteiger partial charge in [0.1, 0.15) is 43.9 Å². The van der Waals surface area contributed by atoms with Crippen molar-refractivity contribution < 1.29 is 28.8 Å². The minimum atomic E-state index is -0.826. The van der Waals surface area contributed by atoms with E-state index >= 15 is 0 Å². The molecule has 1 N–H and O–H groups in total. The molecule has 0 bridgehead atoms. The van der Waals surface area contributed by atoms with Gasteiger partial charge in [0.05, 0.1) is 5.02 Å². The summed E-state index contributed by atoms with van der Waals surface area (Å²) in [4.78, 5) is 22.6. The lowest BCUT2D eigenvalue weighted by molar-refractivity contribution is -0.142. The lowest BCUT2D eigenvalue weighted by Gasteiger charge is -2.23. The molecule has 1 saturated heterocycles. The van der Waals surface area contributed by atoms with E-state index in [1.165, 1.54) is 0 Å². The first-order valence-corrected chi connectivity index (χ1v) is 14.6. The van der Waals surface area contributed by atoms with Crippen molar-refractivity contribution in [1.82, 2.24) is 14.9 Å². The molecule has 0 radical (unpaired) electrons. The van der Waals surface area contributed by atoms with Gasteiger partial charge in [0.2, 0.25) is 5.88 Å². The number of carbonyl (C=O) groups is 1. The Bertz CT molecular complexity index is 1620. The predicted octanol–water partition coefficient (Wildman–Crippen LogP) is 6.08. The van der Waals surface area contributed by atoms with Crippen molar-refractivity contribution in [3.05, 3.63) is 94.4 Å². The number of halogens is 1. The number of likely N-dealkylation sites (tertiary alicyclic amines) is 1. The third-order valence-electron chi connectivity index (χ3n) is 7.71. The van der Waals surface area contributed by atoms with Crippen molar-refractivity contribution >= 4 is 17.6 Å². The zero-order valence-corrected chi connectivity index (χ0v) is 24.5. The number of carboxylic acid groups (broad SMARTS) is 1. The lowest BCUT2D eigenvalue weighted by Crippen LogP contribution is -2.35. The summed E-state index contributed by atoms with van der Waals surface area (Å²) < 4.78 is 23.9. The van der Waals surface area contributed by atoms with Gasteiger partial charge in [0, 0.05) is 30.1 Å². The number of benzene rings is 2. The van der Waals surface area contributed by atoms with Gasteiger partial charge in [-0.05, 0) is 73.3 Å². The number of hydrogen-bond donors (Lipinski definition) is 1. The summed E-state index contributed by atoms with van der Waals surface area (Å²) >= 11 is 6.73. The molecule has 9 nitrogen and oxygen atoms in total. The molecule has 2 aliphatic heterocycles. The van der Waals surface area contributed by atoms with Crippen LogP contribution in [-0.2, 0) is 24.6 Å². The molecular weight excluding hydrogens is 570 g/mol. The number of fused-ring (bicyclic) bond motifs is 1. The number of aromatic nitrogens is 2. The van der Waals surface area contributed by atoms with Crippen LogP contribution in [0.25, 0.3) is 11.1 Å². The van der Waals surface area contributed by atoms with Gasteiger partial charge in [-0.3, -0.25) is 14.7 Å². The number of carboxylic acids is 1. The molecule has 2 aromatic heterocycles. The summed E-state index contributed by atoms with van der Waals surface area (Å²) in [6, 6.07) is 16.9. The predicted molar refractivity (Wildman–Crippen MR) is 161 cm³/mol. The topological polar surface area (TPSA) is 103 Å². The highest BCUT2D eigenvalue weighted by Crippen LogP contribution is 2.38. The Kier molecular flexibility index (Phi) is 8.62. The molecule has 0 amide bonds. The first kappa shape index (κ1) is 28.8. The first-order valence-electron chi connectivity index (χ1n) is 14.3. The standard InChI is InChI=1S/C33H32ClN3O6/c1-21-25(23-9-10-30-31(16-23)41-14-13-40-30)6-2-8-29(21)42-20-27-26(34)15-24(18-37-12-4-7-28(37)33(38)39)32(36-27)43-19-22-5-3-11-35-17-22/h2-3,5-6,8-11,15-17,28H,4,7,12-14,18-20H2,1H3,(H,38,39)/t28-/m0/s1.